The van der Waals surface area contributed by atoms with Crippen LogP contribution in [-0.4, -0.2) is 26.2 Å². The van der Waals surface area contributed by atoms with Crippen molar-refractivity contribution in [1.29, 1.82) is 0 Å². The molecule has 0 saturated heterocycles. The number of carbonyl (C=O) groups is 2. The van der Waals surface area contributed by atoms with E-state index in [1.807, 2.05) is 13.0 Å². The number of nitrogen functional groups attached to an aromatic ring is 1. The van der Waals surface area contributed by atoms with Gasteiger partial charge in [-0.05, 0) is 18.6 Å². The highest BCUT2D eigenvalue weighted by atomic mass is 32.1. The van der Waals surface area contributed by atoms with Gasteiger partial charge in [-0.15, -0.1) is 11.3 Å². The van der Waals surface area contributed by atoms with Gasteiger partial charge in [0.2, 0.25) is 0 Å². The van der Waals surface area contributed by atoms with Crippen LogP contribution in [0.2, 0.25) is 0 Å². The van der Waals surface area contributed by atoms with Gasteiger partial charge < -0.3 is 15.2 Å². The number of anilines is 1. The summed E-state index contributed by atoms with van der Waals surface area (Å²) in [4.78, 5) is 24.7. The van der Waals surface area contributed by atoms with Gasteiger partial charge in [-0.2, -0.15) is 0 Å². The Bertz CT molecular complexity index is 706. The standard InChI is InChI=1S/C15H15NO4S/c1-8-11(16)13(15(18)20-3)21-12(8)9-6-4-5-7-10(9)14(17)19-2/h4-7H,16H2,1-3H3. The highest BCUT2D eigenvalue weighted by molar-refractivity contribution is 7.18. The number of methoxy groups -OCH3 is 2. The molecule has 0 aliphatic rings. The van der Waals surface area contributed by atoms with Crippen LogP contribution in [-0.2, 0) is 9.47 Å². The second kappa shape index (κ2) is 5.97. The maximum absolute atomic E-state index is 11.9. The monoisotopic (exact) mass is 305 g/mol. The van der Waals surface area contributed by atoms with E-state index in [9.17, 15) is 9.59 Å². The lowest BCUT2D eigenvalue weighted by Gasteiger charge is -2.06. The summed E-state index contributed by atoms with van der Waals surface area (Å²) >= 11 is 1.21. The van der Waals surface area contributed by atoms with E-state index in [1.165, 1.54) is 25.6 Å². The molecular weight excluding hydrogens is 290 g/mol. The van der Waals surface area contributed by atoms with Crippen molar-refractivity contribution in [2.45, 2.75) is 6.92 Å². The molecule has 0 spiro atoms. The number of benzene rings is 1. The Labute approximate surface area is 126 Å². The molecule has 0 amide bonds. The van der Waals surface area contributed by atoms with E-state index >= 15 is 0 Å². The van der Waals surface area contributed by atoms with Crippen molar-refractivity contribution in [2.24, 2.45) is 0 Å². The Kier molecular flexibility index (Phi) is 4.28. The first-order chi connectivity index (χ1) is 10.0. The summed E-state index contributed by atoms with van der Waals surface area (Å²) in [5, 5.41) is 0. The molecule has 0 aliphatic heterocycles. The minimum absolute atomic E-state index is 0.338. The lowest BCUT2D eigenvalue weighted by Crippen LogP contribution is -2.03. The van der Waals surface area contributed by atoms with Crippen molar-refractivity contribution in [3.63, 3.8) is 0 Å². The van der Waals surface area contributed by atoms with Gasteiger partial charge in [-0.3, -0.25) is 0 Å². The molecule has 0 saturated carbocycles. The Morgan fingerprint density at radius 1 is 1.10 bits per heavy atom. The Hall–Kier alpha value is -2.34. The Balaban J connectivity index is 2.63. The van der Waals surface area contributed by atoms with Crippen molar-refractivity contribution in [3.05, 3.63) is 40.3 Å². The van der Waals surface area contributed by atoms with Crippen LogP contribution in [0.15, 0.2) is 24.3 Å². The number of hydrogen-bond donors (Lipinski definition) is 1. The number of esters is 2. The molecule has 2 N–H and O–H groups in total. The lowest BCUT2D eigenvalue weighted by atomic mass is 10.0. The van der Waals surface area contributed by atoms with Gasteiger partial charge in [0.15, 0.2) is 0 Å². The molecule has 0 radical (unpaired) electrons. The quantitative estimate of drug-likeness (QED) is 0.882. The molecule has 0 fully saturated rings. The number of ether oxygens (including phenoxy) is 2. The highest BCUT2D eigenvalue weighted by Crippen LogP contribution is 2.39. The van der Waals surface area contributed by atoms with E-state index in [-0.39, 0.29) is 0 Å². The maximum Gasteiger partial charge on any atom is 0.350 e. The molecule has 5 nitrogen and oxygen atoms in total. The Morgan fingerprint density at radius 3 is 2.33 bits per heavy atom. The van der Waals surface area contributed by atoms with Gasteiger partial charge in [0.1, 0.15) is 4.88 Å². The number of rotatable bonds is 3. The summed E-state index contributed by atoms with van der Waals surface area (Å²) in [5.74, 6) is -0.918. The third kappa shape index (κ3) is 2.62. The lowest BCUT2D eigenvalue weighted by molar-refractivity contribution is 0.0595. The summed E-state index contributed by atoms with van der Waals surface area (Å²) in [6.07, 6.45) is 0. The molecular formula is C15H15NO4S. The van der Waals surface area contributed by atoms with Gasteiger partial charge in [0.25, 0.3) is 0 Å². The van der Waals surface area contributed by atoms with Crippen molar-refractivity contribution in [2.75, 3.05) is 20.0 Å². The molecule has 2 aromatic rings. The predicted molar refractivity (Wildman–Crippen MR) is 81.6 cm³/mol. The fourth-order valence-corrected chi connectivity index (χ4v) is 3.18. The van der Waals surface area contributed by atoms with Crippen LogP contribution in [0, 0.1) is 6.92 Å². The van der Waals surface area contributed by atoms with Crippen LogP contribution in [0.1, 0.15) is 25.6 Å². The number of nitrogens with two attached hydrogens (primary N) is 1. The molecule has 2 rings (SSSR count). The second-order valence-electron chi connectivity index (χ2n) is 4.33. The normalized spacial score (nSPS) is 10.2. The largest absolute Gasteiger partial charge is 0.465 e. The molecule has 1 heterocycles. The first kappa shape index (κ1) is 15.1. The first-order valence-electron chi connectivity index (χ1n) is 6.16. The first-order valence-corrected chi connectivity index (χ1v) is 6.97. The van der Waals surface area contributed by atoms with Gasteiger partial charge in [0.05, 0.1) is 25.5 Å². The van der Waals surface area contributed by atoms with Crippen molar-refractivity contribution < 1.29 is 19.1 Å². The molecule has 110 valence electrons. The van der Waals surface area contributed by atoms with E-state index in [2.05, 4.69) is 0 Å². The summed E-state index contributed by atoms with van der Waals surface area (Å²) in [6.45, 7) is 1.81. The number of carbonyl (C=O) groups excluding carboxylic acids is 2. The molecule has 6 heteroatoms. The SMILES string of the molecule is COC(=O)c1ccccc1-c1sc(C(=O)OC)c(N)c1C. The number of hydrogen-bond acceptors (Lipinski definition) is 6. The fraction of sp³-hybridized carbons (Fsp3) is 0.200. The average Bonchev–Trinajstić information content (AvgIpc) is 2.81. The summed E-state index contributed by atoms with van der Waals surface area (Å²) in [6, 6.07) is 7.04. The Morgan fingerprint density at radius 2 is 1.71 bits per heavy atom. The van der Waals surface area contributed by atoms with Crippen molar-refractivity contribution >= 4 is 29.0 Å². The zero-order valence-corrected chi connectivity index (χ0v) is 12.7. The van der Waals surface area contributed by atoms with E-state index in [4.69, 9.17) is 15.2 Å². The highest BCUT2D eigenvalue weighted by Gasteiger charge is 2.22. The summed E-state index contributed by atoms with van der Waals surface area (Å²) < 4.78 is 9.51. The third-order valence-electron chi connectivity index (χ3n) is 3.14. The van der Waals surface area contributed by atoms with Crippen molar-refractivity contribution in [3.8, 4) is 10.4 Å². The van der Waals surface area contributed by atoms with E-state index < -0.39 is 11.9 Å². The zero-order chi connectivity index (χ0) is 15.6. The average molecular weight is 305 g/mol. The molecule has 0 bridgehead atoms. The van der Waals surface area contributed by atoms with E-state index in [0.29, 0.717) is 21.7 Å². The minimum atomic E-state index is -0.484. The van der Waals surface area contributed by atoms with E-state index in [1.54, 1.807) is 18.2 Å². The molecule has 21 heavy (non-hydrogen) atoms. The van der Waals surface area contributed by atoms with Gasteiger partial charge in [-0.25, -0.2) is 9.59 Å². The third-order valence-corrected chi connectivity index (χ3v) is 4.46. The molecule has 0 atom stereocenters. The van der Waals surface area contributed by atoms with Crippen LogP contribution in [0.4, 0.5) is 5.69 Å². The van der Waals surface area contributed by atoms with E-state index in [0.717, 1.165) is 10.4 Å². The summed E-state index contributed by atoms with van der Waals surface area (Å²) in [7, 11) is 2.63. The predicted octanol–water partition coefficient (Wildman–Crippen LogP) is 2.88. The minimum Gasteiger partial charge on any atom is -0.465 e. The zero-order valence-electron chi connectivity index (χ0n) is 11.9. The molecule has 1 aromatic carbocycles. The smallest absolute Gasteiger partial charge is 0.350 e. The maximum atomic E-state index is 11.9. The second-order valence-corrected chi connectivity index (χ2v) is 5.35. The van der Waals surface area contributed by atoms with Gasteiger partial charge >= 0.3 is 11.9 Å². The molecule has 0 unspecified atom stereocenters. The van der Waals surface area contributed by atoms with Crippen LogP contribution in [0.25, 0.3) is 10.4 Å². The van der Waals surface area contributed by atoms with Gasteiger partial charge in [0, 0.05) is 10.4 Å². The molecule has 0 aliphatic carbocycles. The van der Waals surface area contributed by atoms with Crippen LogP contribution >= 0.6 is 11.3 Å². The molecule has 1 aromatic heterocycles. The topological polar surface area (TPSA) is 78.6 Å². The van der Waals surface area contributed by atoms with Crippen molar-refractivity contribution in [1.82, 2.24) is 0 Å². The summed E-state index contributed by atoms with van der Waals surface area (Å²) in [5.41, 5.74) is 8.21. The van der Waals surface area contributed by atoms with Crippen LogP contribution in [0.3, 0.4) is 0 Å². The van der Waals surface area contributed by atoms with Gasteiger partial charge in [-0.1, -0.05) is 18.2 Å². The number of thiophene rings is 1. The van der Waals surface area contributed by atoms with Crippen LogP contribution < -0.4 is 5.73 Å². The fourth-order valence-electron chi connectivity index (χ4n) is 2.00. The van der Waals surface area contributed by atoms with Crippen LogP contribution in [0.5, 0.6) is 0 Å².